The van der Waals surface area contributed by atoms with Gasteiger partial charge in [-0.2, -0.15) is 0 Å². The Balaban J connectivity index is 1.96. The van der Waals surface area contributed by atoms with E-state index in [0.29, 0.717) is 11.4 Å². The van der Waals surface area contributed by atoms with E-state index in [4.69, 9.17) is 0 Å². The summed E-state index contributed by atoms with van der Waals surface area (Å²) < 4.78 is 22.7. The second-order valence-electron chi connectivity index (χ2n) is 5.44. The maximum absolute atomic E-state index is 11.3. The van der Waals surface area contributed by atoms with Crippen LogP contribution in [-0.4, -0.2) is 31.9 Å². The minimum atomic E-state index is -3.14. The van der Waals surface area contributed by atoms with Crippen molar-refractivity contribution in [2.75, 3.05) is 18.1 Å². The van der Waals surface area contributed by atoms with Gasteiger partial charge in [-0.1, -0.05) is 19.3 Å². The molecule has 1 aliphatic rings. The Hall–Kier alpha value is -1.07. The van der Waals surface area contributed by atoms with Crippen molar-refractivity contribution in [1.82, 2.24) is 0 Å². The maximum Gasteiger partial charge on any atom is 0.175 e. The van der Waals surface area contributed by atoms with Crippen LogP contribution in [0.25, 0.3) is 0 Å². The van der Waals surface area contributed by atoms with E-state index in [1.54, 1.807) is 24.3 Å². The first-order valence-electron chi connectivity index (χ1n) is 6.65. The van der Waals surface area contributed by atoms with Gasteiger partial charge in [0.2, 0.25) is 0 Å². The molecule has 0 aromatic heterocycles. The first-order chi connectivity index (χ1) is 8.89. The lowest BCUT2D eigenvalue weighted by Crippen LogP contribution is -2.38. The third kappa shape index (κ3) is 3.94. The van der Waals surface area contributed by atoms with Crippen molar-refractivity contribution in [3.8, 4) is 0 Å². The second kappa shape index (κ2) is 5.51. The van der Waals surface area contributed by atoms with Crippen molar-refractivity contribution in [3.05, 3.63) is 24.3 Å². The van der Waals surface area contributed by atoms with E-state index >= 15 is 0 Å². The van der Waals surface area contributed by atoms with E-state index in [2.05, 4.69) is 5.32 Å². The predicted molar refractivity (Wildman–Crippen MR) is 76.1 cm³/mol. The molecule has 0 amide bonds. The molecule has 0 aliphatic heterocycles. The minimum Gasteiger partial charge on any atom is -0.388 e. The smallest absolute Gasteiger partial charge is 0.175 e. The van der Waals surface area contributed by atoms with Crippen LogP contribution in [0.15, 0.2) is 29.2 Å². The highest BCUT2D eigenvalue weighted by Gasteiger charge is 2.28. The molecule has 1 saturated carbocycles. The monoisotopic (exact) mass is 283 g/mol. The number of hydrogen-bond donors (Lipinski definition) is 2. The van der Waals surface area contributed by atoms with E-state index in [-0.39, 0.29) is 0 Å². The molecule has 1 aromatic rings. The van der Waals surface area contributed by atoms with Gasteiger partial charge in [-0.05, 0) is 37.1 Å². The Morgan fingerprint density at radius 1 is 1.16 bits per heavy atom. The summed E-state index contributed by atoms with van der Waals surface area (Å²) in [6.45, 7) is 0.519. The molecule has 5 heteroatoms. The van der Waals surface area contributed by atoms with Crippen molar-refractivity contribution in [1.29, 1.82) is 0 Å². The van der Waals surface area contributed by atoms with E-state index in [0.717, 1.165) is 31.4 Å². The van der Waals surface area contributed by atoms with Gasteiger partial charge >= 0.3 is 0 Å². The van der Waals surface area contributed by atoms with Gasteiger partial charge in [0.1, 0.15) is 0 Å². The fourth-order valence-corrected chi connectivity index (χ4v) is 3.10. The fraction of sp³-hybridized carbons (Fsp3) is 0.571. The minimum absolute atomic E-state index is 0.314. The molecule has 0 atom stereocenters. The highest BCUT2D eigenvalue weighted by molar-refractivity contribution is 7.90. The van der Waals surface area contributed by atoms with Gasteiger partial charge in [0, 0.05) is 18.5 Å². The lowest BCUT2D eigenvalue weighted by Gasteiger charge is -2.32. The first-order valence-corrected chi connectivity index (χ1v) is 8.55. The first kappa shape index (κ1) is 14.3. The van der Waals surface area contributed by atoms with Gasteiger partial charge in [-0.15, -0.1) is 0 Å². The highest BCUT2D eigenvalue weighted by Crippen LogP contribution is 2.28. The normalized spacial score (nSPS) is 19.1. The number of aliphatic hydroxyl groups is 1. The third-order valence-electron chi connectivity index (χ3n) is 3.69. The van der Waals surface area contributed by atoms with Crippen LogP contribution in [0.4, 0.5) is 5.69 Å². The van der Waals surface area contributed by atoms with Crippen LogP contribution in [0.1, 0.15) is 32.1 Å². The molecule has 0 unspecified atom stereocenters. The van der Waals surface area contributed by atoms with Crippen molar-refractivity contribution in [2.24, 2.45) is 0 Å². The fourth-order valence-electron chi connectivity index (χ4n) is 2.47. The number of benzene rings is 1. The Morgan fingerprint density at radius 3 is 2.26 bits per heavy atom. The maximum atomic E-state index is 11.3. The molecule has 1 aromatic carbocycles. The average Bonchev–Trinajstić information content (AvgIpc) is 2.37. The number of sulfone groups is 1. The van der Waals surface area contributed by atoms with Crippen molar-refractivity contribution < 1.29 is 13.5 Å². The number of anilines is 1. The Bertz CT molecular complexity index is 516. The summed E-state index contributed by atoms with van der Waals surface area (Å²) in [7, 11) is -3.14. The van der Waals surface area contributed by atoms with Crippen LogP contribution in [-0.2, 0) is 9.84 Å². The molecular weight excluding hydrogens is 262 g/mol. The van der Waals surface area contributed by atoms with Gasteiger partial charge in [0.25, 0.3) is 0 Å². The van der Waals surface area contributed by atoms with Gasteiger partial charge < -0.3 is 10.4 Å². The summed E-state index contributed by atoms with van der Waals surface area (Å²) >= 11 is 0. The molecule has 0 saturated heterocycles. The second-order valence-corrected chi connectivity index (χ2v) is 7.45. The van der Waals surface area contributed by atoms with Crippen LogP contribution in [0, 0.1) is 0 Å². The van der Waals surface area contributed by atoms with E-state index < -0.39 is 15.4 Å². The lowest BCUT2D eigenvalue weighted by atomic mass is 9.85. The summed E-state index contributed by atoms with van der Waals surface area (Å²) in [6.07, 6.45) is 6.21. The zero-order valence-corrected chi connectivity index (χ0v) is 12.0. The quantitative estimate of drug-likeness (QED) is 0.889. The molecule has 0 radical (unpaired) electrons. The standard InChI is InChI=1S/C14H21NO3S/c1-19(17,18)13-7-5-12(6-8-13)15-11-14(16)9-3-2-4-10-14/h5-8,15-16H,2-4,9-11H2,1H3. The lowest BCUT2D eigenvalue weighted by molar-refractivity contribution is 0.0167. The summed E-state index contributed by atoms with van der Waals surface area (Å²) in [6, 6.07) is 6.65. The average molecular weight is 283 g/mol. The predicted octanol–water partition coefficient (Wildman–Crippen LogP) is 2.20. The topological polar surface area (TPSA) is 66.4 Å². The van der Waals surface area contributed by atoms with Gasteiger partial charge in [-0.25, -0.2) is 8.42 Å². The van der Waals surface area contributed by atoms with Crippen LogP contribution >= 0.6 is 0 Å². The molecular formula is C14H21NO3S. The molecule has 1 fully saturated rings. The molecule has 0 heterocycles. The summed E-state index contributed by atoms with van der Waals surface area (Å²) in [4.78, 5) is 0.314. The third-order valence-corrected chi connectivity index (χ3v) is 4.82. The van der Waals surface area contributed by atoms with Crippen LogP contribution in [0.5, 0.6) is 0 Å². The summed E-state index contributed by atoms with van der Waals surface area (Å²) in [5.74, 6) is 0. The van der Waals surface area contributed by atoms with E-state index in [1.807, 2.05) is 0 Å². The molecule has 0 spiro atoms. The molecule has 19 heavy (non-hydrogen) atoms. The Kier molecular flexibility index (Phi) is 4.16. The van der Waals surface area contributed by atoms with Crippen LogP contribution < -0.4 is 5.32 Å². The summed E-state index contributed by atoms with van der Waals surface area (Å²) in [5, 5.41) is 13.5. The molecule has 2 N–H and O–H groups in total. The Morgan fingerprint density at radius 2 is 1.74 bits per heavy atom. The zero-order chi connectivity index (χ0) is 13.9. The van der Waals surface area contributed by atoms with Gasteiger partial charge in [0.05, 0.1) is 10.5 Å². The number of nitrogens with one attached hydrogen (secondary N) is 1. The summed E-state index contributed by atoms with van der Waals surface area (Å²) in [5.41, 5.74) is 0.222. The van der Waals surface area contributed by atoms with E-state index in [9.17, 15) is 13.5 Å². The molecule has 106 valence electrons. The number of rotatable bonds is 4. The number of hydrogen-bond acceptors (Lipinski definition) is 4. The van der Waals surface area contributed by atoms with Crippen LogP contribution in [0.2, 0.25) is 0 Å². The largest absolute Gasteiger partial charge is 0.388 e. The van der Waals surface area contributed by atoms with Crippen molar-refractivity contribution in [2.45, 2.75) is 42.6 Å². The zero-order valence-electron chi connectivity index (χ0n) is 11.2. The highest BCUT2D eigenvalue weighted by atomic mass is 32.2. The molecule has 4 nitrogen and oxygen atoms in total. The van der Waals surface area contributed by atoms with Crippen molar-refractivity contribution >= 4 is 15.5 Å². The van der Waals surface area contributed by atoms with Crippen molar-refractivity contribution in [3.63, 3.8) is 0 Å². The van der Waals surface area contributed by atoms with Gasteiger partial charge in [0.15, 0.2) is 9.84 Å². The molecule has 2 rings (SSSR count). The van der Waals surface area contributed by atoms with Crippen LogP contribution in [0.3, 0.4) is 0 Å². The van der Waals surface area contributed by atoms with E-state index in [1.165, 1.54) is 12.7 Å². The van der Waals surface area contributed by atoms with Gasteiger partial charge in [-0.3, -0.25) is 0 Å². The SMILES string of the molecule is CS(=O)(=O)c1ccc(NCC2(O)CCCCC2)cc1. The molecule has 0 bridgehead atoms. The molecule has 1 aliphatic carbocycles. The Labute approximate surface area is 114 Å².